The molecule has 0 bridgehead atoms. The van der Waals surface area contributed by atoms with Crippen LogP contribution in [0.15, 0.2) is 12.1 Å². The van der Waals surface area contributed by atoms with Crippen molar-refractivity contribution in [3.8, 4) is 0 Å². The Morgan fingerprint density at radius 2 is 1.94 bits per heavy atom. The van der Waals surface area contributed by atoms with Gasteiger partial charge in [-0.15, -0.1) is 0 Å². The van der Waals surface area contributed by atoms with Gasteiger partial charge in [0.15, 0.2) is 0 Å². The maximum Gasteiger partial charge on any atom is 0.143 e. The Labute approximate surface area is 105 Å². The van der Waals surface area contributed by atoms with Crippen LogP contribution in [-0.2, 0) is 0 Å². The predicted molar refractivity (Wildman–Crippen MR) is 67.7 cm³/mol. The molecule has 1 saturated carbocycles. The Kier molecular flexibility index (Phi) is 3.74. The maximum absolute atomic E-state index is 13.1. The van der Waals surface area contributed by atoms with Gasteiger partial charge in [-0.2, -0.15) is 0 Å². The van der Waals surface area contributed by atoms with E-state index in [1.54, 1.807) is 0 Å². The Hall–Kier alpha value is -1.00. The molecular weight excluding hydrogens is 243 g/mol. The molecular formula is C12H16ClFN2O. The normalized spacial score (nSPS) is 24.6. The molecule has 5 heteroatoms. The fourth-order valence-electron chi connectivity index (χ4n) is 2.13. The number of aliphatic hydroxyl groups is 1. The Morgan fingerprint density at radius 3 is 2.59 bits per heavy atom. The minimum Gasteiger partial charge on any atom is -0.397 e. The van der Waals surface area contributed by atoms with E-state index in [1.165, 1.54) is 12.1 Å². The van der Waals surface area contributed by atoms with Gasteiger partial charge in [0.2, 0.25) is 0 Å². The van der Waals surface area contributed by atoms with Crippen LogP contribution in [0.5, 0.6) is 0 Å². The lowest BCUT2D eigenvalue weighted by molar-refractivity contribution is 0.126. The van der Waals surface area contributed by atoms with Crippen molar-refractivity contribution in [3.05, 3.63) is 23.0 Å². The van der Waals surface area contributed by atoms with Crippen LogP contribution in [0, 0.1) is 5.82 Å². The van der Waals surface area contributed by atoms with Crippen molar-refractivity contribution in [2.75, 3.05) is 11.1 Å². The number of nitrogens with one attached hydrogen (secondary N) is 1. The van der Waals surface area contributed by atoms with Crippen molar-refractivity contribution in [3.63, 3.8) is 0 Å². The smallest absolute Gasteiger partial charge is 0.143 e. The monoisotopic (exact) mass is 258 g/mol. The van der Waals surface area contributed by atoms with Crippen LogP contribution >= 0.6 is 11.6 Å². The highest BCUT2D eigenvalue weighted by atomic mass is 35.5. The number of benzene rings is 1. The summed E-state index contributed by atoms with van der Waals surface area (Å²) in [4.78, 5) is 0. The Bertz CT molecular complexity index is 406. The Morgan fingerprint density at radius 1 is 1.29 bits per heavy atom. The quantitative estimate of drug-likeness (QED) is 0.715. The number of nitrogen functional groups attached to an aromatic ring is 1. The van der Waals surface area contributed by atoms with Crippen LogP contribution in [0.1, 0.15) is 25.7 Å². The molecule has 0 aliphatic heterocycles. The highest BCUT2D eigenvalue weighted by Gasteiger charge is 2.20. The molecule has 0 radical (unpaired) electrons. The van der Waals surface area contributed by atoms with Crippen LogP contribution in [0.25, 0.3) is 0 Å². The number of rotatable bonds is 2. The fraction of sp³-hybridized carbons (Fsp3) is 0.500. The summed E-state index contributed by atoms with van der Waals surface area (Å²) in [6.07, 6.45) is 3.15. The van der Waals surface area contributed by atoms with Gasteiger partial charge in [-0.25, -0.2) is 4.39 Å². The summed E-state index contributed by atoms with van der Waals surface area (Å²) >= 11 is 5.72. The maximum atomic E-state index is 13.1. The summed E-state index contributed by atoms with van der Waals surface area (Å²) in [7, 11) is 0. The zero-order valence-electron chi connectivity index (χ0n) is 9.42. The zero-order chi connectivity index (χ0) is 12.4. The first kappa shape index (κ1) is 12.5. The lowest BCUT2D eigenvalue weighted by Gasteiger charge is -2.27. The molecule has 0 spiro atoms. The van der Waals surface area contributed by atoms with E-state index in [9.17, 15) is 9.50 Å². The summed E-state index contributed by atoms with van der Waals surface area (Å²) in [5, 5.41) is 12.7. The highest BCUT2D eigenvalue weighted by molar-refractivity contribution is 6.31. The van der Waals surface area contributed by atoms with Crippen molar-refractivity contribution >= 4 is 23.0 Å². The van der Waals surface area contributed by atoms with Crippen molar-refractivity contribution < 1.29 is 9.50 Å². The van der Waals surface area contributed by atoms with Gasteiger partial charge in [-0.3, -0.25) is 0 Å². The third-order valence-electron chi connectivity index (χ3n) is 3.15. The van der Waals surface area contributed by atoms with Gasteiger partial charge < -0.3 is 16.2 Å². The summed E-state index contributed by atoms with van der Waals surface area (Å²) < 4.78 is 13.1. The molecule has 0 atom stereocenters. The van der Waals surface area contributed by atoms with Crippen LogP contribution in [-0.4, -0.2) is 17.3 Å². The zero-order valence-corrected chi connectivity index (χ0v) is 10.2. The number of nitrogens with two attached hydrogens (primary N) is 1. The molecule has 3 nitrogen and oxygen atoms in total. The molecule has 0 unspecified atom stereocenters. The third kappa shape index (κ3) is 3.01. The van der Waals surface area contributed by atoms with Crippen LogP contribution in [0.2, 0.25) is 5.02 Å². The average molecular weight is 259 g/mol. The van der Waals surface area contributed by atoms with Gasteiger partial charge in [-0.05, 0) is 31.7 Å². The van der Waals surface area contributed by atoms with E-state index in [0.717, 1.165) is 25.7 Å². The van der Waals surface area contributed by atoms with E-state index in [1.807, 2.05) is 0 Å². The molecule has 1 fully saturated rings. The number of anilines is 2. The lowest BCUT2D eigenvalue weighted by atomic mass is 9.93. The number of halogens is 2. The largest absolute Gasteiger partial charge is 0.397 e. The summed E-state index contributed by atoms with van der Waals surface area (Å²) in [6, 6.07) is 3.00. The first-order valence-corrected chi connectivity index (χ1v) is 6.13. The molecule has 1 aromatic carbocycles. The minimum atomic E-state index is -0.506. The van der Waals surface area contributed by atoms with Crippen LogP contribution < -0.4 is 11.1 Å². The standard InChI is InChI=1S/C12H16ClFN2O/c13-9-5-12(11(15)6-10(9)14)16-7-1-3-8(17)4-2-7/h5-8,16-17H,1-4,15H2. The van der Waals surface area contributed by atoms with E-state index < -0.39 is 5.82 Å². The van der Waals surface area contributed by atoms with Crippen molar-refractivity contribution in [2.45, 2.75) is 37.8 Å². The van der Waals surface area contributed by atoms with Crippen molar-refractivity contribution in [1.82, 2.24) is 0 Å². The summed E-state index contributed by atoms with van der Waals surface area (Å²) in [5.74, 6) is -0.506. The second-order valence-electron chi connectivity index (χ2n) is 4.50. The molecule has 0 saturated heterocycles. The predicted octanol–water partition coefficient (Wildman–Crippen LogP) is 2.78. The number of hydrogen-bond acceptors (Lipinski definition) is 3. The molecule has 2 rings (SSSR count). The lowest BCUT2D eigenvalue weighted by Crippen LogP contribution is -2.28. The van der Waals surface area contributed by atoms with Crippen LogP contribution in [0.3, 0.4) is 0 Å². The second-order valence-corrected chi connectivity index (χ2v) is 4.91. The molecule has 0 heterocycles. The van der Waals surface area contributed by atoms with Gasteiger partial charge in [-0.1, -0.05) is 11.6 Å². The van der Waals surface area contributed by atoms with E-state index >= 15 is 0 Å². The first-order chi connectivity index (χ1) is 8.06. The molecule has 1 aliphatic rings. The average Bonchev–Trinajstić information content (AvgIpc) is 2.29. The van der Waals surface area contributed by atoms with Crippen LogP contribution in [0.4, 0.5) is 15.8 Å². The molecule has 1 aromatic rings. The minimum absolute atomic E-state index is 0.0672. The first-order valence-electron chi connectivity index (χ1n) is 5.75. The molecule has 17 heavy (non-hydrogen) atoms. The van der Waals surface area contributed by atoms with E-state index in [0.29, 0.717) is 11.4 Å². The molecule has 0 amide bonds. The Balaban J connectivity index is 2.06. The molecule has 4 N–H and O–H groups in total. The second kappa shape index (κ2) is 5.10. The van der Waals surface area contributed by atoms with Gasteiger partial charge in [0.1, 0.15) is 5.82 Å². The fourth-order valence-corrected chi connectivity index (χ4v) is 2.29. The van der Waals surface area contributed by atoms with E-state index in [-0.39, 0.29) is 17.2 Å². The van der Waals surface area contributed by atoms with Gasteiger partial charge in [0, 0.05) is 12.1 Å². The van der Waals surface area contributed by atoms with E-state index in [2.05, 4.69) is 5.32 Å². The molecule has 1 aliphatic carbocycles. The third-order valence-corrected chi connectivity index (χ3v) is 3.44. The topological polar surface area (TPSA) is 58.3 Å². The molecule has 94 valence electrons. The van der Waals surface area contributed by atoms with E-state index in [4.69, 9.17) is 17.3 Å². The number of hydrogen-bond donors (Lipinski definition) is 3. The number of aliphatic hydroxyl groups excluding tert-OH is 1. The summed E-state index contributed by atoms with van der Waals surface area (Å²) in [6.45, 7) is 0. The highest BCUT2D eigenvalue weighted by Crippen LogP contribution is 2.29. The summed E-state index contributed by atoms with van der Waals surface area (Å²) in [5.41, 5.74) is 6.75. The van der Waals surface area contributed by atoms with Gasteiger partial charge in [0.05, 0.1) is 22.5 Å². The van der Waals surface area contributed by atoms with Crippen molar-refractivity contribution in [1.29, 1.82) is 0 Å². The van der Waals surface area contributed by atoms with Gasteiger partial charge >= 0.3 is 0 Å². The molecule has 0 aromatic heterocycles. The van der Waals surface area contributed by atoms with Crippen molar-refractivity contribution in [2.24, 2.45) is 0 Å². The van der Waals surface area contributed by atoms with Gasteiger partial charge in [0.25, 0.3) is 0 Å². The SMILES string of the molecule is Nc1cc(F)c(Cl)cc1NC1CCC(O)CC1.